The van der Waals surface area contributed by atoms with Crippen molar-refractivity contribution in [3.8, 4) is 0 Å². The van der Waals surface area contributed by atoms with Crippen LogP contribution in [0.25, 0.3) is 0 Å². The Kier molecular flexibility index (Phi) is 5.40. The Morgan fingerprint density at radius 3 is 2.80 bits per heavy atom. The quantitative estimate of drug-likeness (QED) is 0.592. The Morgan fingerprint density at radius 1 is 1.53 bits per heavy atom. The monoisotopic (exact) mass is 246 g/mol. The molecule has 0 aliphatic heterocycles. The maximum atomic E-state index is 5.76. The molecule has 2 nitrogen and oxygen atoms in total. The summed E-state index contributed by atoms with van der Waals surface area (Å²) in [5.41, 5.74) is 0. The van der Waals surface area contributed by atoms with Crippen molar-refractivity contribution >= 4 is 28.9 Å². The highest BCUT2D eigenvalue weighted by Gasteiger charge is 2.21. The van der Waals surface area contributed by atoms with E-state index >= 15 is 0 Å². The summed E-state index contributed by atoms with van der Waals surface area (Å²) in [5.74, 6) is 0.823. The van der Waals surface area contributed by atoms with Gasteiger partial charge in [0, 0.05) is 12.2 Å². The summed E-state index contributed by atoms with van der Waals surface area (Å²) in [6, 6.07) is 0.543. The molecule has 0 aromatic rings. The Labute approximate surface area is 102 Å². The molecule has 86 valence electrons. The van der Waals surface area contributed by atoms with Crippen LogP contribution in [0, 0.1) is 5.92 Å². The van der Waals surface area contributed by atoms with Crippen molar-refractivity contribution in [2.45, 2.75) is 44.5 Å². The molecule has 1 rings (SSSR count). The highest BCUT2D eigenvalue weighted by Crippen LogP contribution is 2.24. The van der Waals surface area contributed by atoms with Crippen LogP contribution < -0.4 is 10.6 Å². The number of rotatable bonds is 3. The van der Waals surface area contributed by atoms with Gasteiger partial charge in [-0.1, -0.05) is 13.0 Å². The zero-order chi connectivity index (χ0) is 11.3. The van der Waals surface area contributed by atoms with Gasteiger partial charge < -0.3 is 10.6 Å². The maximum Gasteiger partial charge on any atom is 0.170 e. The van der Waals surface area contributed by atoms with Crippen LogP contribution >= 0.6 is 23.8 Å². The van der Waals surface area contributed by atoms with Crippen molar-refractivity contribution in [1.82, 2.24) is 10.6 Å². The number of halogens is 1. The zero-order valence-corrected chi connectivity index (χ0v) is 10.9. The minimum atomic E-state index is 0.0341. The fourth-order valence-corrected chi connectivity index (χ4v) is 2.13. The molecule has 0 amide bonds. The van der Waals surface area contributed by atoms with E-state index in [1.54, 1.807) is 6.20 Å². The third kappa shape index (κ3) is 5.38. The lowest BCUT2D eigenvalue weighted by molar-refractivity contribution is 0.570. The summed E-state index contributed by atoms with van der Waals surface area (Å²) in [6.07, 6.45) is 7.41. The first-order chi connectivity index (χ1) is 7.08. The average Bonchev–Trinajstić information content (AvgIpc) is 2.50. The molecule has 0 saturated heterocycles. The summed E-state index contributed by atoms with van der Waals surface area (Å²) in [7, 11) is 0. The summed E-state index contributed by atoms with van der Waals surface area (Å²) in [6.45, 7) is 4.20. The van der Waals surface area contributed by atoms with Gasteiger partial charge in [0.2, 0.25) is 0 Å². The van der Waals surface area contributed by atoms with Crippen LogP contribution in [0.5, 0.6) is 0 Å². The van der Waals surface area contributed by atoms with Crippen molar-refractivity contribution in [2.75, 3.05) is 0 Å². The molecule has 1 saturated carbocycles. The van der Waals surface area contributed by atoms with Gasteiger partial charge in [0.15, 0.2) is 5.11 Å². The molecule has 0 spiro atoms. The molecule has 4 heteroatoms. The van der Waals surface area contributed by atoms with E-state index in [0.29, 0.717) is 11.2 Å². The largest absolute Gasteiger partial charge is 0.360 e. The molecule has 0 bridgehead atoms. The molecule has 1 unspecified atom stereocenters. The first-order valence-corrected chi connectivity index (χ1v) is 6.30. The molecular formula is C11H19ClN2S. The number of nitrogens with one attached hydrogen (secondary N) is 2. The molecule has 1 aliphatic rings. The van der Waals surface area contributed by atoms with Gasteiger partial charge in [-0.05, 0) is 44.3 Å². The van der Waals surface area contributed by atoms with Gasteiger partial charge in [-0.3, -0.25) is 0 Å². The van der Waals surface area contributed by atoms with Crippen molar-refractivity contribution in [2.24, 2.45) is 5.92 Å². The topological polar surface area (TPSA) is 24.1 Å². The summed E-state index contributed by atoms with van der Waals surface area (Å²) >= 11 is 10.9. The fraction of sp³-hybridized carbons (Fsp3) is 0.727. The van der Waals surface area contributed by atoms with E-state index < -0.39 is 0 Å². The Balaban J connectivity index is 2.19. The SMILES string of the molecule is CC(Cl)/C=C/NC(=S)N[C@@H]1CC[C@H](C)C1. The molecule has 2 N–H and O–H groups in total. The molecule has 1 fully saturated rings. The van der Waals surface area contributed by atoms with E-state index in [4.69, 9.17) is 23.8 Å². The smallest absolute Gasteiger partial charge is 0.170 e. The van der Waals surface area contributed by atoms with Crippen molar-refractivity contribution in [1.29, 1.82) is 0 Å². The molecule has 0 aromatic carbocycles. The van der Waals surface area contributed by atoms with Crippen LogP contribution in [0.2, 0.25) is 0 Å². The summed E-state index contributed by atoms with van der Waals surface area (Å²) in [4.78, 5) is 0. The normalized spacial score (nSPS) is 27.9. The zero-order valence-electron chi connectivity index (χ0n) is 9.29. The van der Waals surface area contributed by atoms with Gasteiger partial charge >= 0.3 is 0 Å². The minimum Gasteiger partial charge on any atom is -0.360 e. The Morgan fingerprint density at radius 2 is 2.27 bits per heavy atom. The van der Waals surface area contributed by atoms with E-state index in [2.05, 4.69) is 17.6 Å². The van der Waals surface area contributed by atoms with E-state index in [-0.39, 0.29) is 5.38 Å². The second kappa shape index (κ2) is 6.33. The van der Waals surface area contributed by atoms with Crippen molar-refractivity contribution in [3.05, 3.63) is 12.3 Å². The van der Waals surface area contributed by atoms with Crippen LogP contribution in [-0.2, 0) is 0 Å². The first kappa shape index (κ1) is 12.8. The number of alkyl halides is 1. The second-order valence-corrected chi connectivity index (χ2v) is 5.37. The molecule has 0 aromatic heterocycles. The van der Waals surface area contributed by atoms with E-state index in [9.17, 15) is 0 Å². The van der Waals surface area contributed by atoms with E-state index in [1.807, 2.05) is 13.0 Å². The van der Waals surface area contributed by atoms with Gasteiger partial charge in [0.05, 0.1) is 5.38 Å². The highest BCUT2D eigenvalue weighted by molar-refractivity contribution is 7.80. The molecular weight excluding hydrogens is 228 g/mol. The minimum absolute atomic E-state index is 0.0341. The standard InChI is InChI=1S/C11H19ClN2S/c1-8-3-4-10(7-8)14-11(15)13-6-5-9(2)12/h5-6,8-10H,3-4,7H2,1-2H3,(H2,13,14,15)/b6-5+/t8-,9?,10+/m0/s1. The molecule has 0 heterocycles. The Bertz CT molecular complexity index is 241. The maximum absolute atomic E-state index is 5.76. The van der Waals surface area contributed by atoms with Crippen molar-refractivity contribution < 1.29 is 0 Å². The molecule has 15 heavy (non-hydrogen) atoms. The summed E-state index contributed by atoms with van der Waals surface area (Å²) in [5, 5.41) is 7.05. The van der Waals surface area contributed by atoms with Gasteiger partial charge in [0.25, 0.3) is 0 Å². The van der Waals surface area contributed by atoms with Gasteiger partial charge in [0.1, 0.15) is 0 Å². The van der Waals surface area contributed by atoms with Gasteiger partial charge in [-0.15, -0.1) is 11.6 Å². The number of thiocarbonyl (C=S) groups is 1. The van der Waals surface area contributed by atoms with Crippen LogP contribution in [0.1, 0.15) is 33.1 Å². The van der Waals surface area contributed by atoms with Crippen LogP contribution in [-0.4, -0.2) is 16.5 Å². The highest BCUT2D eigenvalue weighted by atomic mass is 35.5. The van der Waals surface area contributed by atoms with Crippen molar-refractivity contribution in [3.63, 3.8) is 0 Å². The number of hydrogen-bond acceptors (Lipinski definition) is 1. The lowest BCUT2D eigenvalue weighted by atomic mass is 10.1. The second-order valence-electron chi connectivity index (χ2n) is 4.27. The third-order valence-electron chi connectivity index (χ3n) is 2.61. The van der Waals surface area contributed by atoms with Gasteiger partial charge in [-0.2, -0.15) is 0 Å². The average molecular weight is 247 g/mol. The first-order valence-electron chi connectivity index (χ1n) is 5.45. The molecule has 1 aliphatic carbocycles. The van der Waals surface area contributed by atoms with Gasteiger partial charge in [-0.25, -0.2) is 0 Å². The number of allylic oxidation sites excluding steroid dienone is 1. The Hall–Kier alpha value is -0.280. The molecule has 0 radical (unpaired) electrons. The molecule has 3 atom stereocenters. The summed E-state index contributed by atoms with van der Waals surface area (Å²) < 4.78 is 0. The third-order valence-corrected chi connectivity index (χ3v) is 2.99. The van der Waals surface area contributed by atoms with E-state index in [0.717, 1.165) is 5.92 Å². The van der Waals surface area contributed by atoms with Crippen LogP contribution in [0.3, 0.4) is 0 Å². The lowest BCUT2D eigenvalue weighted by Crippen LogP contribution is -2.38. The predicted octanol–water partition coefficient (Wildman–Crippen LogP) is 2.78. The van der Waals surface area contributed by atoms with Crippen LogP contribution in [0.15, 0.2) is 12.3 Å². The predicted molar refractivity (Wildman–Crippen MR) is 70.1 cm³/mol. The van der Waals surface area contributed by atoms with Crippen LogP contribution in [0.4, 0.5) is 0 Å². The van der Waals surface area contributed by atoms with E-state index in [1.165, 1.54) is 19.3 Å². The fourth-order valence-electron chi connectivity index (χ4n) is 1.82. The lowest BCUT2D eigenvalue weighted by Gasteiger charge is -2.14. The number of hydrogen-bond donors (Lipinski definition) is 2.